The first-order valence-corrected chi connectivity index (χ1v) is 5.96. The maximum atomic E-state index is 9.91. The van der Waals surface area contributed by atoms with Crippen LogP contribution in [-0.4, -0.2) is 25.4 Å². The topological polar surface area (TPSA) is 38.7 Å². The number of ether oxygens (including phenoxy) is 2. The molecule has 0 saturated heterocycles. The van der Waals surface area contributed by atoms with Crippen LogP contribution in [0, 0.1) is 6.92 Å². The van der Waals surface area contributed by atoms with Crippen molar-refractivity contribution in [3.05, 3.63) is 23.3 Å². The molecule has 1 atom stereocenters. The van der Waals surface area contributed by atoms with Gasteiger partial charge >= 0.3 is 0 Å². The number of methoxy groups -OCH3 is 2. The van der Waals surface area contributed by atoms with E-state index in [9.17, 15) is 5.11 Å². The van der Waals surface area contributed by atoms with Gasteiger partial charge in [0.2, 0.25) is 0 Å². The van der Waals surface area contributed by atoms with E-state index < -0.39 is 0 Å². The van der Waals surface area contributed by atoms with Crippen molar-refractivity contribution >= 4 is 0 Å². The SMILES string of the molecule is COc1cc(C2(C(C)O)CC2)cc(OC)c1C. The number of hydrogen-bond donors (Lipinski definition) is 1. The lowest BCUT2D eigenvalue weighted by molar-refractivity contribution is 0.150. The van der Waals surface area contributed by atoms with Crippen LogP contribution in [0.2, 0.25) is 0 Å². The van der Waals surface area contributed by atoms with Gasteiger partial charge in [-0.1, -0.05) is 0 Å². The average Bonchev–Trinajstić information content (AvgIpc) is 3.10. The van der Waals surface area contributed by atoms with Crippen LogP contribution in [-0.2, 0) is 5.41 Å². The molecule has 0 bridgehead atoms. The Morgan fingerprint density at radius 1 is 1.18 bits per heavy atom. The molecular formula is C14H20O3. The van der Waals surface area contributed by atoms with Gasteiger partial charge in [-0.25, -0.2) is 0 Å². The van der Waals surface area contributed by atoms with Crippen molar-refractivity contribution in [1.82, 2.24) is 0 Å². The molecule has 3 nitrogen and oxygen atoms in total. The van der Waals surface area contributed by atoms with Crippen molar-refractivity contribution < 1.29 is 14.6 Å². The number of aliphatic hydroxyl groups is 1. The lowest BCUT2D eigenvalue weighted by Crippen LogP contribution is -2.22. The molecule has 3 heteroatoms. The molecule has 1 aliphatic rings. The molecule has 1 unspecified atom stereocenters. The summed E-state index contributed by atoms with van der Waals surface area (Å²) in [6.07, 6.45) is 1.72. The minimum absolute atomic E-state index is 0.0890. The van der Waals surface area contributed by atoms with Crippen molar-refractivity contribution in [3.63, 3.8) is 0 Å². The Labute approximate surface area is 102 Å². The highest BCUT2D eigenvalue weighted by molar-refractivity contribution is 5.51. The first-order valence-electron chi connectivity index (χ1n) is 5.96. The van der Waals surface area contributed by atoms with E-state index in [0.717, 1.165) is 35.5 Å². The van der Waals surface area contributed by atoms with Gasteiger partial charge in [0.05, 0.1) is 20.3 Å². The molecule has 1 N–H and O–H groups in total. The van der Waals surface area contributed by atoms with Gasteiger partial charge < -0.3 is 14.6 Å². The maximum absolute atomic E-state index is 9.91. The molecule has 0 heterocycles. The van der Waals surface area contributed by atoms with Gasteiger partial charge in [0.25, 0.3) is 0 Å². The standard InChI is InChI=1S/C14H20O3/c1-9-12(16-3)7-11(8-13(9)17-4)14(5-6-14)10(2)15/h7-8,10,15H,5-6H2,1-4H3. The molecule has 94 valence electrons. The fourth-order valence-corrected chi connectivity index (χ4v) is 2.46. The van der Waals surface area contributed by atoms with Crippen molar-refractivity contribution in [2.24, 2.45) is 0 Å². The maximum Gasteiger partial charge on any atom is 0.125 e. The van der Waals surface area contributed by atoms with Crippen LogP contribution in [0.1, 0.15) is 30.9 Å². The third kappa shape index (κ3) is 1.89. The first-order chi connectivity index (χ1) is 8.05. The van der Waals surface area contributed by atoms with Gasteiger partial charge in [-0.05, 0) is 44.4 Å². The molecule has 0 aliphatic heterocycles. The average molecular weight is 236 g/mol. The highest BCUT2D eigenvalue weighted by Crippen LogP contribution is 2.52. The normalized spacial score (nSPS) is 18.6. The van der Waals surface area contributed by atoms with Crippen LogP contribution in [0.5, 0.6) is 11.5 Å². The summed E-state index contributed by atoms with van der Waals surface area (Å²) in [5.41, 5.74) is 2.03. The predicted octanol–water partition coefficient (Wildman–Crippen LogP) is 2.42. The van der Waals surface area contributed by atoms with Crippen LogP contribution >= 0.6 is 0 Å². The Morgan fingerprint density at radius 3 is 1.94 bits per heavy atom. The smallest absolute Gasteiger partial charge is 0.125 e. The third-order valence-electron chi connectivity index (χ3n) is 3.92. The molecule has 1 fully saturated rings. The summed E-state index contributed by atoms with van der Waals surface area (Å²) in [5, 5.41) is 9.91. The zero-order valence-corrected chi connectivity index (χ0v) is 10.9. The minimum atomic E-state index is -0.334. The third-order valence-corrected chi connectivity index (χ3v) is 3.92. The molecule has 17 heavy (non-hydrogen) atoms. The van der Waals surface area contributed by atoms with E-state index in [1.165, 1.54) is 0 Å². The second-order valence-electron chi connectivity index (χ2n) is 4.84. The summed E-state index contributed by atoms with van der Waals surface area (Å²) in [6, 6.07) is 4.05. The largest absolute Gasteiger partial charge is 0.496 e. The molecule has 2 rings (SSSR count). The summed E-state index contributed by atoms with van der Waals surface area (Å²) >= 11 is 0. The number of hydrogen-bond acceptors (Lipinski definition) is 3. The molecule has 1 aliphatic carbocycles. The minimum Gasteiger partial charge on any atom is -0.496 e. The second-order valence-corrected chi connectivity index (χ2v) is 4.84. The zero-order chi connectivity index (χ0) is 12.6. The van der Waals surface area contributed by atoms with Gasteiger partial charge in [-0.2, -0.15) is 0 Å². The second kappa shape index (κ2) is 4.22. The van der Waals surface area contributed by atoms with E-state index >= 15 is 0 Å². The molecule has 0 amide bonds. The summed E-state index contributed by atoms with van der Waals surface area (Å²) in [5.74, 6) is 1.65. The van der Waals surface area contributed by atoms with Crippen LogP contribution < -0.4 is 9.47 Å². The lowest BCUT2D eigenvalue weighted by Gasteiger charge is -2.21. The fourth-order valence-electron chi connectivity index (χ4n) is 2.46. The molecule has 1 aromatic carbocycles. The Kier molecular flexibility index (Phi) is 3.04. The van der Waals surface area contributed by atoms with Crippen molar-refractivity contribution in [2.45, 2.75) is 38.2 Å². The van der Waals surface area contributed by atoms with Gasteiger partial charge in [0, 0.05) is 11.0 Å². The van der Waals surface area contributed by atoms with Crippen LogP contribution in [0.15, 0.2) is 12.1 Å². The van der Waals surface area contributed by atoms with E-state index in [1.54, 1.807) is 14.2 Å². The highest BCUT2D eigenvalue weighted by atomic mass is 16.5. The number of rotatable bonds is 4. The van der Waals surface area contributed by atoms with Crippen LogP contribution in [0.4, 0.5) is 0 Å². The zero-order valence-electron chi connectivity index (χ0n) is 10.9. The molecular weight excluding hydrogens is 216 g/mol. The van der Waals surface area contributed by atoms with Crippen molar-refractivity contribution in [1.29, 1.82) is 0 Å². The monoisotopic (exact) mass is 236 g/mol. The Hall–Kier alpha value is -1.22. The van der Waals surface area contributed by atoms with E-state index in [2.05, 4.69) is 0 Å². The summed E-state index contributed by atoms with van der Waals surface area (Å²) in [4.78, 5) is 0. The Bertz CT molecular complexity index is 394. The van der Waals surface area contributed by atoms with E-state index in [-0.39, 0.29) is 11.5 Å². The quantitative estimate of drug-likeness (QED) is 0.872. The first kappa shape index (κ1) is 12.2. The molecule has 1 saturated carbocycles. The number of benzene rings is 1. The van der Waals surface area contributed by atoms with Crippen molar-refractivity contribution in [3.8, 4) is 11.5 Å². The molecule has 0 radical (unpaired) electrons. The van der Waals surface area contributed by atoms with Gasteiger partial charge in [-0.3, -0.25) is 0 Å². The molecule has 0 aromatic heterocycles. The van der Waals surface area contributed by atoms with Gasteiger partial charge in [-0.15, -0.1) is 0 Å². The Balaban J connectivity index is 2.49. The van der Waals surface area contributed by atoms with Gasteiger partial charge in [0.15, 0.2) is 0 Å². The fraction of sp³-hybridized carbons (Fsp3) is 0.571. The number of aliphatic hydroxyl groups excluding tert-OH is 1. The Morgan fingerprint density at radius 2 is 1.65 bits per heavy atom. The highest BCUT2D eigenvalue weighted by Gasteiger charge is 2.48. The summed E-state index contributed by atoms with van der Waals surface area (Å²) in [7, 11) is 3.32. The molecule has 0 spiro atoms. The van der Waals surface area contributed by atoms with Crippen molar-refractivity contribution in [2.75, 3.05) is 14.2 Å². The van der Waals surface area contributed by atoms with E-state index in [4.69, 9.17) is 9.47 Å². The van der Waals surface area contributed by atoms with Crippen LogP contribution in [0.3, 0.4) is 0 Å². The lowest BCUT2D eigenvalue weighted by atomic mass is 9.89. The van der Waals surface area contributed by atoms with Gasteiger partial charge in [0.1, 0.15) is 11.5 Å². The van der Waals surface area contributed by atoms with E-state index in [1.807, 2.05) is 26.0 Å². The molecule has 1 aromatic rings. The summed E-state index contributed by atoms with van der Waals surface area (Å²) in [6.45, 7) is 3.83. The van der Waals surface area contributed by atoms with E-state index in [0.29, 0.717) is 0 Å². The predicted molar refractivity (Wildman–Crippen MR) is 66.9 cm³/mol. The summed E-state index contributed by atoms with van der Waals surface area (Å²) < 4.78 is 10.7. The van der Waals surface area contributed by atoms with Crippen LogP contribution in [0.25, 0.3) is 0 Å².